The number of benzene rings is 1. The molecule has 0 atom stereocenters. The number of carbonyl (C=O) groups is 1. The van der Waals surface area contributed by atoms with Gasteiger partial charge in [0.15, 0.2) is 0 Å². The lowest BCUT2D eigenvalue weighted by Crippen LogP contribution is -2.32. The Labute approximate surface area is 134 Å². The molecule has 2 aromatic rings. The van der Waals surface area contributed by atoms with Gasteiger partial charge >= 0.3 is 0 Å². The third kappa shape index (κ3) is 4.23. The number of hydrogen-bond acceptors (Lipinski definition) is 5. The Bertz CT molecular complexity index is 705. The second kappa shape index (κ2) is 7.15. The van der Waals surface area contributed by atoms with Gasteiger partial charge in [-0.3, -0.25) is 4.79 Å². The van der Waals surface area contributed by atoms with Crippen LogP contribution < -0.4 is 5.73 Å². The highest BCUT2D eigenvalue weighted by atomic mass is 19.2. The number of hydrogen-bond donors (Lipinski definition) is 1. The first kappa shape index (κ1) is 16.8. The zero-order valence-electron chi connectivity index (χ0n) is 13.5. The van der Waals surface area contributed by atoms with E-state index in [0.29, 0.717) is 34.4 Å². The minimum Gasteiger partial charge on any atom is -0.382 e. The van der Waals surface area contributed by atoms with E-state index in [2.05, 4.69) is 9.97 Å². The molecular formula is C16H20FN5O. The van der Waals surface area contributed by atoms with Gasteiger partial charge in [0, 0.05) is 38.3 Å². The highest BCUT2D eigenvalue weighted by Crippen LogP contribution is 2.20. The highest BCUT2D eigenvalue weighted by molar-refractivity contribution is 5.95. The molecule has 6 nitrogen and oxygen atoms in total. The molecule has 0 saturated heterocycles. The first-order chi connectivity index (χ1) is 10.9. The molecule has 122 valence electrons. The van der Waals surface area contributed by atoms with Gasteiger partial charge in [-0.05, 0) is 19.1 Å². The topological polar surface area (TPSA) is 75.4 Å². The summed E-state index contributed by atoms with van der Waals surface area (Å²) in [6.45, 7) is 2.24. The van der Waals surface area contributed by atoms with Crippen molar-refractivity contribution in [2.24, 2.45) is 0 Å². The molecule has 23 heavy (non-hydrogen) atoms. The Morgan fingerprint density at radius 3 is 2.70 bits per heavy atom. The van der Waals surface area contributed by atoms with Crippen molar-refractivity contribution >= 4 is 11.7 Å². The van der Waals surface area contributed by atoms with Crippen molar-refractivity contribution in [2.75, 3.05) is 32.9 Å². The molecule has 7 heteroatoms. The largest absolute Gasteiger partial charge is 0.382 e. The maximum atomic E-state index is 12.8. The molecule has 0 aliphatic heterocycles. The zero-order valence-corrected chi connectivity index (χ0v) is 13.5. The van der Waals surface area contributed by atoms with Gasteiger partial charge in [0.05, 0.1) is 17.6 Å². The third-order valence-corrected chi connectivity index (χ3v) is 3.48. The van der Waals surface area contributed by atoms with Crippen molar-refractivity contribution in [1.82, 2.24) is 20.0 Å². The smallest absolute Gasteiger partial charge is 0.253 e. The van der Waals surface area contributed by atoms with E-state index >= 15 is 0 Å². The van der Waals surface area contributed by atoms with E-state index in [1.807, 2.05) is 6.07 Å². The molecule has 2 N–H and O–H groups in total. The predicted octanol–water partition coefficient (Wildman–Crippen LogP) is 1.92. The molecule has 1 aromatic heterocycles. The fourth-order valence-corrected chi connectivity index (χ4v) is 2.05. The highest BCUT2D eigenvalue weighted by Gasteiger charge is 2.13. The summed E-state index contributed by atoms with van der Waals surface area (Å²) in [5.74, 6) is 0.213. The van der Waals surface area contributed by atoms with Crippen LogP contribution in [-0.2, 0) is 0 Å². The number of carbonyl (C=O) groups excluding carboxylic acids is 1. The van der Waals surface area contributed by atoms with Crippen LogP contribution in [0.2, 0.25) is 0 Å². The molecule has 0 saturated carbocycles. The van der Waals surface area contributed by atoms with E-state index in [4.69, 9.17) is 5.73 Å². The number of likely N-dealkylation sites (N-methyl/N-ethyl adjacent to an activating group) is 2. The third-order valence-electron chi connectivity index (χ3n) is 3.48. The van der Waals surface area contributed by atoms with Gasteiger partial charge in [-0.15, -0.1) is 9.60 Å². The van der Waals surface area contributed by atoms with Crippen LogP contribution in [0, 0.1) is 6.92 Å². The molecule has 0 radical (unpaired) electrons. The Kier molecular flexibility index (Phi) is 5.23. The van der Waals surface area contributed by atoms with Crippen LogP contribution in [0.1, 0.15) is 16.1 Å². The van der Waals surface area contributed by atoms with E-state index < -0.39 is 0 Å². The fraction of sp³-hybridized carbons (Fsp3) is 0.312. The summed E-state index contributed by atoms with van der Waals surface area (Å²) in [5.41, 5.74) is 8.26. The number of nitrogens with two attached hydrogens (primary N) is 1. The number of nitrogens with zero attached hydrogens (tertiary/aromatic N) is 4. The molecule has 0 fully saturated rings. The molecule has 0 spiro atoms. The van der Waals surface area contributed by atoms with Gasteiger partial charge in [-0.2, -0.15) is 0 Å². The number of amides is 1. The lowest BCUT2D eigenvalue weighted by atomic mass is 10.1. The number of halogens is 1. The molecule has 1 heterocycles. The van der Waals surface area contributed by atoms with Crippen molar-refractivity contribution < 1.29 is 9.28 Å². The summed E-state index contributed by atoms with van der Waals surface area (Å²) < 4.78 is 12.8. The van der Waals surface area contributed by atoms with Crippen LogP contribution >= 0.6 is 0 Å². The average molecular weight is 317 g/mol. The lowest BCUT2D eigenvalue weighted by molar-refractivity contribution is 0.0460. The van der Waals surface area contributed by atoms with E-state index in [1.54, 1.807) is 38.4 Å². The first-order valence-corrected chi connectivity index (χ1v) is 7.20. The summed E-state index contributed by atoms with van der Waals surface area (Å²) >= 11 is 0. The molecule has 2 rings (SSSR count). The Morgan fingerprint density at radius 2 is 2.04 bits per heavy atom. The maximum absolute atomic E-state index is 12.8. The minimum absolute atomic E-state index is 0.157. The van der Waals surface area contributed by atoms with Gasteiger partial charge in [-0.1, -0.05) is 12.1 Å². The van der Waals surface area contributed by atoms with Crippen LogP contribution in [0.4, 0.5) is 10.3 Å². The Hall–Kier alpha value is -2.54. The predicted molar refractivity (Wildman–Crippen MR) is 87.3 cm³/mol. The second-order valence-corrected chi connectivity index (χ2v) is 5.36. The quantitative estimate of drug-likeness (QED) is 0.853. The van der Waals surface area contributed by atoms with Crippen molar-refractivity contribution in [1.29, 1.82) is 0 Å². The molecule has 0 aliphatic rings. The number of nitrogen functional groups attached to an aromatic ring is 1. The van der Waals surface area contributed by atoms with E-state index in [1.165, 1.54) is 11.9 Å². The average Bonchev–Trinajstić information content (AvgIpc) is 2.54. The Morgan fingerprint density at radius 1 is 1.30 bits per heavy atom. The summed E-state index contributed by atoms with van der Waals surface area (Å²) in [4.78, 5) is 22.3. The fourth-order valence-electron chi connectivity index (χ4n) is 2.05. The van der Waals surface area contributed by atoms with Gasteiger partial charge in [-0.25, -0.2) is 9.97 Å². The molecule has 0 aliphatic carbocycles. The van der Waals surface area contributed by atoms with Crippen molar-refractivity contribution in [3.63, 3.8) is 0 Å². The lowest BCUT2D eigenvalue weighted by Gasteiger charge is -2.18. The molecule has 0 unspecified atom stereocenters. The van der Waals surface area contributed by atoms with Gasteiger partial charge in [0.2, 0.25) is 0 Å². The van der Waals surface area contributed by atoms with Crippen LogP contribution in [-0.4, -0.2) is 53.1 Å². The molecule has 1 amide bonds. The number of anilines is 1. The summed E-state index contributed by atoms with van der Waals surface area (Å²) in [7, 11) is 2.97. The normalized spacial score (nSPS) is 10.8. The van der Waals surface area contributed by atoms with E-state index in [0.717, 1.165) is 5.56 Å². The van der Waals surface area contributed by atoms with E-state index in [-0.39, 0.29) is 12.5 Å². The second-order valence-electron chi connectivity index (χ2n) is 5.36. The van der Waals surface area contributed by atoms with Crippen molar-refractivity contribution in [2.45, 2.75) is 6.92 Å². The van der Waals surface area contributed by atoms with Crippen LogP contribution in [0.5, 0.6) is 0 Å². The van der Waals surface area contributed by atoms with Gasteiger partial charge in [0.1, 0.15) is 5.82 Å². The molecule has 0 bridgehead atoms. The van der Waals surface area contributed by atoms with E-state index in [9.17, 15) is 9.28 Å². The zero-order chi connectivity index (χ0) is 17.0. The molecular weight excluding hydrogens is 297 g/mol. The van der Waals surface area contributed by atoms with Gasteiger partial charge in [0.25, 0.3) is 5.91 Å². The summed E-state index contributed by atoms with van der Waals surface area (Å²) in [6, 6.07) is 7.10. The monoisotopic (exact) mass is 317 g/mol. The standard InChI is InChI=1S/C16H20FN5O/c1-11-15(18)19-10-14(20-11)12-5-4-6-13(9-12)16(23)21(2)7-8-22(3)17/h4-6,9-10H,7-8H2,1-3H3,(H2,18,19). The van der Waals surface area contributed by atoms with Crippen molar-refractivity contribution in [3.05, 3.63) is 41.7 Å². The van der Waals surface area contributed by atoms with Gasteiger partial charge < -0.3 is 10.6 Å². The van der Waals surface area contributed by atoms with Crippen molar-refractivity contribution in [3.8, 4) is 11.3 Å². The Balaban J connectivity index is 2.22. The molecule has 1 aromatic carbocycles. The maximum Gasteiger partial charge on any atom is 0.253 e. The van der Waals surface area contributed by atoms with Crippen LogP contribution in [0.15, 0.2) is 30.5 Å². The SMILES string of the molecule is Cc1nc(-c2cccc(C(=O)N(C)CCN(C)F)c2)cnc1N. The summed E-state index contributed by atoms with van der Waals surface area (Å²) in [6.07, 6.45) is 1.58. The number of aromatic nitrogens is 2. The van der Waals surface area contributed by atoms with Crippen LogP contribution in [0.3, 0.4) is 0 Å². The minimum atomic E-state index is -0.172. The summed E-state index contributed by atoms with van der Waals surface area (Å²) in [5, 5.41) is 0.549. The number of rotatable bonds is 5. The van der Waals surface area contributed by atoms with Crippen LogP contribution in [0.25, 0.3) is 11.3 Å². The number of aryl methyl sites for hydroxylation is 1. The first-order valence-electron chi connectivity index (χ1n) is 7.20.